The van der Waals surface area contributed by atoms with Crippen LogP contribution in [0, 0.1) is 0 Å². The number of carbonyl (C=O) groups excluding carboxylic acids is 4. The number of alkyl carbamates (subject to hydrolysis) is 1. The van der Waals surface area contributed by atoms with Crippen LogP contribution in [0.15, 0.2) is 42.1 Å². The highest BCUT2D eigenvalue weighted by molar-refractivity contribution is 6.02. The summed E-state index contributed by atoms with van der Waals surface area (Å²) in [5.41, 5.74) is -0.400. The van der Waals surface area contributed by atoms with Crippen molar-refractivity contribution in [1.82, 2.24) is 20.9 Å². The number of amides is 3. The number of ether oxygens (including phenoxy) is 2. The molecule has 2 atom stereocenters. The van der Waals surface area contributed by atoms with E-state index in [1.807, 2.05) is 6.92 Å². The molecule has 4 N–H and O–H groups in total. The zero-order chi connectivity index (χ0) is 30.3. The van der Waals surface area contributed by atoms with E-state index in [1.165, 1.54) is 25.1 Å². The monoisotopic (exact) mass is 560 g/mol. The summed E-state index contributed by atoms with van der Waals surface area (Å²) in [4.78, 5) is 65.6. The lowest BCUT2D eigenvalue weighted by atomic mass is 10.2. The van der Waals surface area contributed by atoms with E-state index in [1.54, 1.807) is 45.9 Å². The molecule has 0 radical (unpaired) electrons. The summed E-state index contributed by atoms with van der Waals surface area (Å²) < 4.78 is 10.5. The number of carbonyl (C=O) groups is 5. The van der Waals surface area contributed by atoms with Gasteiger partial charge in [0.15, 0.2) is 0 Å². The molecule has 1 aromatic heterocycles. The van der Waals surface area contributed by atoms with E-state index in [-0.39, 0.29) is 24.4 Å². The summed E-state index contributed by atoms with van der Waals surface area (Å²) in [6, 6.07) is 3.56. The van der Waals surface area contributed by atoms with Crippen LogP contribution in [0.4, 0.5) is 4.79 Å². The van der Waals surface area contributed by atoms with Crippen LogP contribution in [0.1, 0.15) is 83.4 Å². The molecule has 1 aromatic rings. The third-order valence-corrected chi connectivity index (χ3v) is 5.08. The van der Waals surface area contributed by atoms with Crippen LogP contribution in [0.25, 0.3) is 0 Å². The number of esters is 1. The summed E-state index contributed by atoms with van der Waals surface area (Å²) >= 11 is 0. The predicted molar refractivity (Wildman–Crippen MR) is 147 cm³/mol. The average Bonchev–Trinajstić information content (AvgIpc) is 2.87. The number of nitrogens with one attached hydrogen (secondary N) is 3. The smallest absolute Gasteiger partial charge is 0.407 e. The number of rotatable bonds is 14. The SMILES string of the molecule is C/C=C(\NC(=O)c1cccc(CNC(=O)OC(C)(C)C)n1)C(=O)N[C@@H](CC)C(=O)O[C@H](/C=C/CCC)CC(=O)O. The molecule has 12 nitrogen and oxygen atoms in total. The Hall–Kier alpha value is -4.22. The molecule has 0 saturated carbocycles. The Balaban J connectivity index is 2.83. The van der Waals surface area contributed by atoms with Crippen molar-refractivity contribution in [3.05, 3.63) is 53.5 Å². The Kier molecular flexibility index (Phi) is 14.1. The minimum atomic E-state index is -1.13. The summed E-state index contributed by atoms with van der Waals surface area (Å²) in [7, 11) is 0. The fourth-order valence-electron chi connectivity index (χ4n) is 3.16. The van der Waals surface area contributed by atoms with Crippen LogP contribution < -0.4 is 16.0 Å². The van der Waals surface area contributed by atoms with Crippen LogP contribution >= 0.6 is 0 Å². The van der Waals surface area contributed by atoms with Gasteiger partial charge in [-0.05, 0) is 58.7 Å². The van der Waals surface area contributed by atoms with Crippen molar-refractivity contribution in [2.24, 2.45) is 0 Å². The van der Waals surface area contributed by atoms with Gasteiger partial charge in [0, 0.05) is 0 Å². The van der Waals surface area contributed by atoms with E-state index >= 15 is 0 Å². The summed E-state index contributed by atoms with van der Waals surface area (Å²) in [6.07, 6.45) is 4.31. The largest absolute Gasteiger partial charge is 0.481 e. The van der Waals surface area contributed by atoms with Crippen molar-refractivity contribution in [2.75, 3.05) is 0 Å². The molecule has 220 valence electrons. The highest BCUT2D eigenvalue weighted by atomic mass is 16.6. The van der Waals surface area contributed by atoms with Gasteiger partial charge in [-0.25, -0.2) is 14.6 Å². The van der Waals surface area contributed by atoms with Gasteiger partial charge in [0.25, 0.3) is 11.8 Å². The van der Waals surface area contributed by atoms with Gasteiger partial charge in [0.05, 0.1) is 18.7 Å². The molecule has 0 bridgehead atoms. The fourth-order valence-corrected chi connectivity index (χ4v) is 3.16. The number of allylic oxidation sites excluding steroid dienone is 2. The Morgan fingerprint density at radius 2 is 1.82 bits per heavy atom. The maximum Gasteiger partial charge on any atom is 0.407 e. The van der Waals surface area contributed by atoms with E-state index < -0.39 is 54.0 Å². The van der Waals surface area contributed by atoms with Gasteiger partial charge in [-0.3, -0.25) is 14.4 Å². The van der Waals surface area contributed by atoms with Crippen molar-refractivity contribution in [2.45, 2.75) is 91.5 Å². The number of aliphatic carboxylic acids is 1. The third-order valence-electron chi connectivity index (χ3n) is 5.08. The molecule has 0 aliphatic rings. The zero-order valence-electron chi connectivity index (χ0n) is 23.9. The second kappa shape index (κ2) is 16.7. The quantitative estimate of drug-likeness (QED) is 0.151. The van der Waals surface area contributed by atoms with Gasteiger partial charge in [0.1, 0.15) is 29.1 Å². The Bertz CT molecular complexity index is 1110. The number of pyridine rings is 1. The van der Waals surface area contributed by atoms with E-state index in [2.05, 4.69) is 20.9 Å². The Labute approximate surface area is 234 Å². The van der Waals surface area contributed by atoms with Gasteiger partial charge in [0.2, 0.25) is 0 Å². The first kappa shape index (κ1) is 33.8. The normalized spacial score (nSPS) is 13.2. The Morgan fingerprint density at radius 3 is 2.40 bits per heavy atom. The Morgan fingerprint density at radius 1 is 1.12 bits per heavy atom. The minimum absolute atomic E-state index is 0.00234. The number of hydrogen-bond donors (Lipinski definition) is 4. The molecular weight excluding hydrogens is 520 g/mol. The van der Waals surface area contributed by atoms with E-state index in [0.717, 1.165) is 6.42 Å². The summed E-state index contributed by atoms with van der Waals surface area (Å²) in [6.45, 7) is 10.4. The zero-order valence-corrected chi connectivity index (χ0v) is 23.9. The van der Waals surface area contributed by atoms with Crippen LogP contribution in [0.2, 0.25) is 0 Å². The molecule has 40 heavy (non-hydrogen) atoms. The van der Waals surface area contributed by atoms with Gasteiger partial charge < -0.3 is 30.5 Å². The number of carboxylic acids is 1. The standard InChI is InChI=1S/C28H40N4O8/c1-7-10-11-14-19(16-23(33)34)39-26(37)21(9-3)32-24(35)20(8-2)31-25(36)22-15-12-13-18(30-22)17-29-27(38)40-28(4,5)6/h8,11-15,19,21H,7,9-10,16-17H2,1-6H3,(H,29,38)(H,31,36)(H,32,35)(H,33,34)/b14-11+,20-8-/t19-,21+/m1/s1. The summed E-state index contributed by atoms with van der Waals surface area (Å²) in [5, 5.41) is 16.7. The molecule has 0 fully saturated rings. The van der Waals surface area contributed by atoms with Gasteiger partial charge in [-0.1, -0.05) is 38.5 Å². The first-order valence-corrected chi connectivity index (χ1v) is 13.1. The van der Waals surface area contributed by atoms with Gasteiger partial charge in [-0.15, -0.1) is 0 Å². The second-order valence-corrected chi connectivity index (χ2v) is 9.75. The van der Waals surface area contributed by atoms with E-state index in [4.69, 9.17) is 14.6 Å². The molecule has 0 spiro atoms. The van der Waals surface area contributed by atoms with Crippen molar-refractivity contribution in [3.8, 4) is 0 Å². The van der Waals surface area contributed by atoms with Crippen LogP contribution in [-0.4, -0.2) is 57.7 Å². The predicted octanol–water partition coefficient (Wildman–Crippen LogP) is 3.38. The first-order valence-electron chi connectivity index (χ1n) is 13.1. The highest BCUT2D eigenvalue weighted by Crippen LogP contribution is 2.09. The van der Waals surface area contributed by atoms with Crippen LogP contribution in [0.5, 0.6) is 0 Å². The number of aromatic nitrogens is 1. The molecule has 0 aliphatic carbocycles. The van der Waals surface area contributed by atoms with Crippen molar-refractivity contribution in [1.29, 1.82) is 0 Å². The van der Waals surface area contributed by atoms with Gasteiger partial charge in [-0.2, -0.15) is 0 Å². The molecule has 1 rings (SSSR count). The van der Waals surface area contributed by atoms with Crippen molar-refractivity contribution < 1.29 is 38.6 Å². The molecule has 3 amide bonds. The molecule has 12 heteroatoms. The third kappa shape index (κ3) is 13.0. The highest BCUT2D eigenvalue weighted by Gasteiger charge is 2.26. The molecule has 1 heterocycles. The van der Waals surface area contributed by atoms with E-state index in [0.29, 0.717) is 12.1 Å². The lowest BCUT2D eigenvalue weighted by Crippen LogP contribution is -2.45. The number of carboxylic acid groups (broad SMARTS) is 1. The van der Waals surface area contributed by atoms with Crippen molar-refractivity contribution >= 4 is 29.8 Å². The number of hydrogen-bond acceptors (Lipinski definition) is 8. The number of unbranched alkanes of at least 4 members (excludes halogenated alkanes) is 1. The summed E-state index contributed by atoms with van der Waals surface area (Å²) in [5.74, 6) is -3.34. The number of nitrogens with zero attached hydrogens (tertiary/aromatic N) is 1. The first-order chi connectivity index (χ1) is 18.8. The van der Waals surface area contributed by atoms with Gasteiger partial charge >= 0.3 is 18.0 Å². The maximum absolute atomic E-state index is 12.9. The van der Waals surface area contributed by atoms with Crippen molar-refractivity contribution in [3.63, 3.8) is 0 Å². The topological polar surface area (TPSA) is 173 Å². The lowest BCUT2D eigenvalue weighted by Gasteiger charge is -2.20. The average molecular weight is 561 g/mol. The molecule has 0 saturated heterocycles. The second-order valence-electron chi connectivity index (χ2n) is 9.75. The molecule has 0 aliphatic heterocycles. The molecular formula is C28H40N4O8. The molecule has 0 unspecified atom stereocenters. The minimum Gasteiger partial charge on any atom is -0.481 e. The fraction of sp³-hybridized carbons (Fsp3) is 0.500. The van der Waals surface area contributed by atoms with Crippen LogP contribution in [-0.2, 0) is 30.4 Å². The maximum atomic E-state index is 12.9. The van der Waals surface area contributed by atoms with E-state index in [9.17, 15) is 24.0 Å². The van der Waals surface area contributed by atoms with Crippen LogP contribution in [0.3, 0.4) is 0 Å². The lowest BCUT2D eigenvalue weighted by molar-refractivity contribution is -0.153. The molecule has 0 aromatic carbocycles.